The molecule has 0 unspecified atom stereocenters. The molecule has 2 aromatic rings. The molecule has 18 heavy (non-hydrogen) atoms. The maximum atomic E-state index is 5.73. The Labute approximate surface area is 118 Å². The van der Waals surface area contributed by atoms with Crippen LogP contribution in [0.25, 0.3) is 0 Å². The average molecular weight is 279 g/mol. The van der Waals surface area contributed by atoms with E-state index >= 15 is 0 Å². The zero-order chi connectivity index (χ0) is 11.7. The molecule has 1 heterocycles. The van der Waals surface area contributed by atoms with Gasteiger partial charge in [0.2, 0.25) is 0 Å². The molecule has 4 heteroatoms. The van der Waals surface area contributed by atoms with E-state index in [-0.39, 0.29) is 12.4 Å². The highest BCUT2D eigenvalue weighted by molar-refractivity contribution is 7.99. The van der Waals surface area contributed by atoms with E-state index in [0.29, 0.717) is 6.54 Å². The van der Waals surface area contributed by atoms with Crippen molar-refractivity contribution in [1.29, 1.82) is 0 Å². The number of anilines is 2. The van der Waals surface area contributed by atoms with E-state index in [1.54, 1.807) is 0 Å². The smallest absolute Gasteiger partial charge is 0.0553 e. The van der Waals surface area contributed by atoms with Gasteiger partial charge in [0.15, 0.2) is 0 Å². The Bertz CT molecular complexity index is 499. The van der Waals surface area contributed by atoms with Crippen LogP contribution in [-0.2, 0) is 0 Å². The summed E-state index contributed by atoms with van der Waals surface area (Å²) in [6.45, 7) is 1.52. The molecule has 0 saturated carbocycles. The molecule has 3 rings (SSSR count). The van der Waals surface area contributed by atoms with Crippen molar-refractivity contribution in [1.82, 2.24) is 0 Å². The van der Waals surface area contributed by atoms with Crippen molar-refractivity contribution in [3.05, 3.63) is 48.5 Å². The number of rotatable bonds is 2. The molecule has 0 aliphatic carbocycles. The molecule has 0 bridgehead atoms. The number of fused-ring (bicyclic) bond motifs is 2. The van der Waals surface area contributed by atoms with Crippen molar-refractivity contribution >= 4 is 35.5 Å². The van der Waals surface area contributed by atoms with Gasteiger partial charge in [-0.25, -0.2) is 0 Å². The summed E-state index contributed by atoms with van der Waals surface area (Å²) in [5.74, 6) is 0. The van der Waals surface area contributed by atoms with E-state index in [9.17, 15) is 0 Å². The van der Waals surface area contributed by atoms with Crippen LogP contribution < -0.4 is 10.6 Å². The summed E-state index contributed by atoms with van der Waals surface area (Å²) in [6.07, 6.45) is 0. The fourth-order valence-corrected chi connectivity index (χ4v) is 3.25. The van der Waals surface area contributed by atoms with E-state index in [0.717, 1.165) is 6.54 Å². The lowest BCUT2D eigenvalue weighted by atomic mass is 10.2. The fourth-order valence-electron chi connectivity index (χ4n) is 2.15. The Morgan fingerprint density at radius 3 is 1.89 bits per heavy atom. The molecule has 0 aromatic heterocycles. The van der Waals surface area contributed by atoms with Crippen LogP contribution in [0.5, 0.6) is 0 Å². The summed E-state index contributed by atoms with van der Waals surface area (Å²) in [5, 5.41) is 0. The van der Waals surface area contributed by atoms with E-state index in [4.69, 9.17) is 5.73 Å². The number of nitrogens with zero attached hydrogens (tertiary/aromatic N) is 1. The SMILES string of the molecule is Cl.NCCN1c2ccccc2Sc2ccccc21. The van der Waals surface area contributed by atoms with Crippen molar-refractivity contribution in [2.24, 2.45) is 5.73 Å². The summed E-state index contributed by atoms with van der Waals surface area (Å²) in [5.41, 5.74) is 8.26. The van der Waals surface area contributed by atoms with E-state index in [1.165, 1.54) is 21.2 Å². The monoisotopic (exact) mass is 278 g/mol. The maximum Gasteiger partial charge on any atom is 0.0553 e. The molecular weight excluding hydrogens is 264 g/mol. The Morgan fingerprint density at radius 2 is 1.39 bits per heavy atom. The summed E-state index contributed by atoms with van der Waals surface area (Å²) in [4.78, 5) is 4.92. The predicted octanol–water partition coefficient (Wildman–Crippen LogP) is 3.67. The number of benzene rings is 2. The second-order valence-electron chi connectivity index (χ2n) is 3.98. The van der Waals surface area contributed by atoms with Crippen LogP contribution in [0.4, 0.5) is 11.4 Å². The summed E-state index contributed by atoms with van der Waals surface area (Å²) in [6, 6.07) is 17.0. The Morgan fingerprint density at radius 1 is 0.889 bits per heavy atom. The number of hydrogen-bond acceptors (Lipinski definition) is 3. The van der Waals surface area contributed by atoms with Gasteiger partial charge in [0.05, 0.1) is 11.4 Å². The summed E-state index contributed by atoms with van der Waals surface area (Å²) < 4.78 is 0. The van der Waals surface area contributed by atoms with Gasteiger partial charge in [-0.3, -0.25) is 0 Å². The Balaban J connectivity index is 0.00000120. The lowest BCUT2D eigenvalue weighted by Gasteiger charge is -2.32. The van der Waals surface area contributed by atoms with Crippen LogP contribution in [0.15, 0.2) is 58.3 Å². The van der Waals surface area contributed by atoms with Crippen molar-refractivity contribution in [2.45, 2.75) is 9.79 Å². The first kappa shape index (κ1) is 13.3. The van der Waals surface area contributed by atoms with Gasteiger partial charge in [0, 0.05) is 22.9 Å². The van der Waals surface area contributed by atoms with Crippen molar-refractivity contribution in [3.63, 3.8) is 0 Å². The molecule has 2 N–H and O–H groups in total. The molecule has 1 aliphatic rings. The zero-order valence-corrected chi connectivity index (χ0v) is 11.5. The van der Waals surface area contributed by atoms with Gasteiger partial charge < -0.3 is 10.6 Å². The number of nitrogens with two attached hydrogens (primary N) is 1. The minimum atomic E-state index is 0. The average Bonchev–Trinajstić information content (AvgIpc) is 2.39. The molecule has 0 amide bonds. The number of para-hydroxylation sites is 2. The van der Waals surface area contributed by atoms with E-state index < -0.39 is 0 Å². The van der Waals surface area contributed by atoms with Crippen molar-refractivity contribution < 1.29 is 0 Å². The normalized spacial score (nSPS) is 12.4. The minimum absolute atomic E-state index is 0. The molecule has 0 radical (unpaired) electrons. The molecule has 1 aliphatic heterocycles. The maximum absolute atomic E-state index is 5.73. The topological polar surface area (TPSA) is 29.3 Å². The first-order valence-corrected chi connectivity index (χ1v) is 6.55. The highest BCUT2D eigenvalue weighted by atomic mass is 35.5. The summed E-state index contributed by atoms with van der Waals surface area (Å²) >= 11 is 1.83. The minimum Gasteiger partial charge on any atom is -0.338 e. The molecule has 0 atom stereocenters. The molecule has 0 saturated heterocycles. The summed E-state index contributed by atoms with van der Waals surface area (Å²) in [7, 11) is 0. The van der Waals surface area contributed by atoms with Crippen LogP contribution in [0.2, 0.25) is 0 Å². The standard InChI is InChI=1S/C14H14N2S.ClH/c15-9-10-16-11-5-1-3-7-13(11)17-14-8-4-2-6-12(14)16;/h1-8H,9-10,15H2;1H. The van der Waals surface area contributed by atoms with Gasteiger partial charge in [0.1, 0.15) is 0 Å². The quantitative estimate of drug-likeness (QED) is 0.909. The van der Waals surface area contributed by atoms with Crippen LogP contribution in [0, 0.1) is 0 Å². The van der Waals surface area contributed by atoms with Gasteiger partial charge in [-0.15, -0.1) is 12.4 Å². The van der Waals surface area contributed by atoms with Gasteiger partial charge in [-0.2, -0.15) is 0 Å². The van der Waals surface area contributed by atoms with Gasteiger partial charge in [-0.05, 0) is 24.3 Å². The van der Waals surface area contributed by atoms with E-state index in [2.05, 4.69) is 53.4 Å². The fraction of sp³-hybridized carbons (Fsp3) is 0.143. The third kappa shape index (κ3) is 2.21. The Hall–Kier alpha value is -1.16. The first-order chi connectivity index (χ1) is 8.40. The largest absolute Gasteiger partial charge is 0.338 e. The molecule has 94 valence electrons. The predicted molar refractivity (Wildman–Crippen MR) is 80.3 cm³/mol. The third-order valence-corrected chi connectivity index (χ3v) is 4.01. The lowest BCUT2D eigenvalue weighted by Crippen LogP contribution is -2.27. The third-order valence-electron chi connectivity index (χ3n) is 2.88. The van der Waals surface area contributed by atoms with Gasteiger partial charge in [-0.1, -0.05) is 36.0 Å². The van der Waals surface area contributed by atoms with Crippen LogP contribution >= 0.6 is 24.2 Å². The molecule has 2 nitrogen and oxygen atoms in total. The first-order valence-electron chi connectivity index (χ1n) is 5.73. The van der Waals surface area contributed by atoms with Gasteiger partial charge >= 0.3 is 0 Å². The van der Waals surface area contributed by atoms with E-state index in [1.807, 2.05) is 11.8 Å². The number of hydrogen-bond donors (Lipinski definition) is 1. The van der Waals surface area contributed by atoms with Crippen LogP contribution in [0.1, 0.15) is 0 Å². The van der Waals surface area contributed by atoms with Crippen LogP contribution in [-0.4, -0.2) is 13.1 Å². The molecule has 0 spiro atoms. The molecular formula is C14H15ClN2S. The van der Waals surface area contributed by atoms with Crippen molar-refractivity contribution in [2.75, 3.05) is 18.0 Å². The lowest BCUT2D eigenvalue weighted by molar-refractivity contribution is 0.899. The van der Waals surface area contributed by atoms with Gasteiger partial charge in [0.25, 0.3) is 0 Å². The molecule has 2 aromatic carbocycles. The zero-order valence-electron chi connectivity index (χ0n) is 9.87. The second kappa shape index (κ2) is 5.65. The Kier molecular flexibility index (Phi) is 4.17. The second-order valence-corrected chi connectivity index (χ2v) is 5.06. The molecule has 0 fully saturated rings. The highest BCUT2D eigenvalue weighted by Crippen LogP contribution is 2.47. The van der Waals surface area contributed by atoms with Crippen LogP contribution in [0.3, 0.4) is 0 Å². The highest BCUT2D eigenvalue weighted by Gasteiger charge is 2.21. The number of halogens is 1. The van der Waals surface area contributed by atoms with Crippen molar-refractivity contribution in [3.8, 4) is 0 Å².